The van der Waals surface area contributed by atoms with Gasteiger partial charge in [0.1, 0.15) is 28.6 Å². The Kier molecular flexibility index (Phi) is 16.7. The number of unbranched alkanes of at least 4 members (excludes halogenated alkanes) is 2. The smallest absolute Gasteiger partial charge is 0.387 e. The van der Waals surface area contributed by atoms with Gasteiger partial charge in [-0.15, -0.1) is 11.3 Å². The molecule has 6 heterocycles. The number of alkyl halides is 2. The number of rotatable bonds is 16. The number of hydrogen-bond acceptors (Lipinski definition) is 8. The third-order valence-corrected chi connectivity index (χ3v) is 13.2. The van der Waals surface area contributed by atoms with Gasteiger partial charge < -0.3 is 29.6 Å². The molecule has 17 heteroatoms. The molecule has 8 rings (SSSR count). The van der Waals surface area contributed by atoms with Crippen molar-refractivity contribution in [1.82, 2.24) is 34.8 Å². The largest absolute Gasteiger partial charge is 0.435 e. The van der Waals surface area contributed by atoms with Crippen molar-refractivity contribution in [2.24, 2.45) is 11.8 Å². The minimum Gasteiger partial charge on any atom is -0.435 e. The highest BCUT2D eigenvalue weighted by Crippen LogP contribution is 2.27. The number of piperidine rings is 2. The van der Waals surface area contributed by atoms with Crippen LogP contribution in [0, 0.1) is 23.5 Å². The summed E-state index contributed by atoms with van der Waals surface area (Å²) in [5.41, 5.74) is 1.41. The Bertz CT molecular complexity index is 2520. The van der Waals surface area contributed by atoms with Gasteiger partial charge in [0, 0.05) is 75.8 Å². The van der Waals surface area contributed by atoms with E-state index in [0.29, 0.717) is 67.1 Å². The molecular weight excluding hydrogens is 875 g/mol. The fourth-order valence-electron chi connectivity index (χ4n) is 8.43. The van der Waals surface area contributed by atoms with Crippen molar-refractivity contribution in [2.75, 3.05) is 39.3 Å². The summed E-state index contributed by atoms with van der Waals surface area (Å²) in [5.74, 6) is -1.34. The summed E-state index contributed by atoms with van der Waals surface area (Å²) in [6.07, 6.45) is 18.2. The summed E-state index contributed by atoms with van der Waals surface area (Å²) in [4.78, 5) is 62.1. The number of hydrogen-bond donors (Lipinski definition) is 2. The molecule has 66 heavy (non-hydrogen) atoms. The quantitative estimate of drug-likeness (QED) is 0.0729. The third kappa shape index (κ3) is 12.9. The SMILES string of the molecule is O=C(NCCCCC1CCN(C(=O)c2c(F)cccc2F)CC1)c1ccc2nccn2c1.O=C(NCCCCC1CCN(C(=O)c2ccc(OC(F)F)cc2)CC1)c1cc2ccncc2s1. The first-order chi connectivity index (χ1) is 32.0. The second kappa shape index (κ2) is 23.2. The summed E-state index contributed by atoms with van der Waals surface area (Å²) < 4.78 is 59.4. The summed E-state index contributed by atoms with van der Waals surface area (Å²) >= 11 is 1.45. The number of ether oxygens (including phenoxy) is 1. The lowest BCUT2D eigenvalue weighted by Crippen LogP contribution is -2.39. The molecule has 2 aromatic carbocycles. The maximum Gasteiger partial charge on any atom is 0.387 e. The Morgan fingerprint density at radius 2 is 1.33 bits per heavy atom. The van der Waals surface area contributed by atoms with Crippen LogP contribution in [0.2, 0.25) is 0 Å². The van der Waals surface area contributed by atoms with Crippen molar-refractivity contribution in [2.45, 2.75) is 70.8 Å². The van der Waals surface area contributed by atoms with Crippen molar-refractivity contribution in [3.05, 3.63) is 131 Å². The minimum absolute atomic E-state index is 0.0400. The molecule has 2 fully saturated rings. The highest BCUT2D eigenvalue weighted by molar-refractivity contribution is 7.20. The van der Waals surface area contributed by atoms with Crippen molar-refractivity contribution in [1.29, 1.82) is 0 Å². The maximum absolute atomic E-state index is 13.9. The van der Waals surface area contributed by atoms with Crippen molar-refractivity contribution in [3.8, 4) is 5.75 Å². The second-order valence-electron chi connectivity index (χ2n) is 16.6. The van der Waals surface area contributed by atoms with Gasteiger partial charge in [-0.05, 0) is 116 Å². The van der Waals surface area contributed by atoms with Crippen LogP contribution in [0.4, 0.5) is 17.6 Å². The van der Waals surface area contributed by atoms with Crippen LogP contribution in [0.3, 0.4) is 0 Å². The van der Waals surface area contributed by atoms with E-state index in [1.54, 1.807) is 37.1 Å². The van der Waals surface area contributed by atoms with Gasteiger partial charge >= 0.3 is 6.61 Å². The van der Waals surface area contributed by atoms with Crippen LogP contribution < -0.4 is 15.4 Å². The van der Waals surface area contributed by atoms with E-state index in [1.165, 1.54) is 46.6 Å². The average molecular weight is 928 g/mol. The van der Waals surface area contributed by atoms with Crippen LogP contribution >= 0.6 is 11.3 Å². The molecule has 4 aromatic heterocycles. The monoisotopic (exact) mass is 927 g/mol. The van der Waals surface area contributed by atoms with Gasteiger partial charge in [-0.2, -0.15) is 8.78 Å². The number of pyridine rings is 2. The summed E-state index contributed by atoms with van der Waals surface area (Å²) in [7, 11) is 0. The summed E-state index contributed by atoms with van der Waals surface area (Å²) in [6, 6.07) is 16.7. The van der Waals surface area contributed by atoms with Crippen LogP contribution in [0.25, 0.3) is 15.7 Å². The van der Waals surface area contributed by atoms with E-state index in [4.69, 9.17) is 0 Å². The van der Waals surface area contributed by atoms with E-state index in [0.717, 1.165) is 92.1 Å². The zero-order valence-electron chi connectivity index (χ0n) is 36.5. The first kappa shape index (κ1) is 47.6. The number of halogens is 4. The lowest BCUT2D eigenvalue weighted by molar-refractivity contribution is -0.0498. The molecule has 0 bridgehead atoms. The Hall–Kier alpha value is -6.36. The summed E-state index contributed by atoms with van der Waals surface area (Å²) in [5, 5.41) is 6.98. The Labute approximate surface area is 384 Å². The molecule has 12 nitrogen and oxygen atoms in total. The van der Waals surface area contributed by atoms with E-state index in [2.05, 4.69) is 25.3 Å². The molecule has 0 radical (unpaired) electrons. The molecule has 0 saturated carbocycles. The van der Waals surface area contributed by atoms with E-state index >= 15 is 0 Å². The Morgan fingerprint density at radius 3 is 1.95 bits per heavy atom. The van der Waals surface area contributed by atoms with Gasteiger partial charge in [0.25, 0.3) is 23.6 Å². The molecule has 6 aromatic rings. The predicted molar refractivity (Wildman–Crippen MR) is 244 cm³/mol. The fourth-order valence-corrected chi connectivity index (χ4v) is 9.38. The molecule has 2 aliphatic rings. The van der Waals surface area contributed by atoms with E-state index in [1.807, 2.05) is 27.5 Å². The number of amides is 4. The molecule has 2 N–H and O–H groups in total. The van der Waals surface area contributed by atoms with Gasteiger partial charge in [-0.3, -0.25) is 24.2 Å². The van der Waals surface area contributed by atoms with Gasteiger partial charge in [0.05, 0.1) is 15.1 Å². The van der Waals surface area contributed by atoms with Gasteiger partial charge in [-0.1, -0.05) is 31.7 Å². The number of aromatic nitrogens is 3. The highest BCUT2D eigenvalue weighted by Gasteiger charge is 2.28. The van der Waals surface area contributed by atoms with Crippen LogP contribution in [-0.4, -0.2) is 93.7 Å². The molecule has 0 spiro atoms. The first-order valence-electron chi connectivity index (χ1n) is 22.4. The lowest BCUT2D eigenvalue weighted by atomic mass is 9.91. The zero-order chi connectivity index (χ0) is 46.4. The Balaban J connectivity index is 0.000000197. The van der Waals surface area contributed by atoms with Crippen LogP contribution in [-0.2, 0) is 0 Å². The number of thiophene rings is 1. The number of fused-ring (bicyclic) bond motifs is 2. The van der Waals surface area contributed by atoms with E-state index in [9.17, 15) is 36.7 Å². The number of carbonyl (C=O) groups excluding carboxylic acids is 4. The van der Waals surface area contributed by atoms with Crippen LogP contribution in [0.1, 0.15) is 105 Å². The normalized spacial score (nSPS) is 14.6. The highest BCUT2D eigenvalue weighted by atomic mass is 32.1. The standard InChI is InChI=1S/C25H27F2N3O3S.C24H26F2N4O2/c26-25(27)33-20-6-4-18(5-7-20)24(32)30-13-9-17(10-14-30)3-1-2-11-29-23(31)21-15-19-8-12-28-16-22(19)34-21;25-19-5-3-6-20(26)22(19)24(32)29-13-9-17(10-14-29)4-1-2-11-28-23(31)18-7-8-21-27-12-15-30(21)16-18/h4-8,12,15-17,25H,1-3,9-11,13-14H2,(H,29,31);3,5-8,12,15-17H,1-2,4,9-11,13-14H2,(H,28,31). The number of nitrogens with one attached hydrogen (secondary N) is 2. The molecule has 348 valence electrons. The van der Waals surface area contributed by atoms with Crippen LogP contribution in [0.15, 0.2) is 97.7 Å². The Morgan fingerprint density at radius 1 is 0.727 bits per heavy atom. The third-order valence-electron chi connectivity index (χ3n) is 12.2. The molecule has 0 unspecified atom stereocenters. The molecule has 0 aliphatic carbocycles. The fraction of sp³-hybridized carbons (Fsp3) is 0.388. The topological polar surface area (TPSA) is 138 Å². The van der Waals surface area contributed by atoms with Crippen molar-refractivity contribution in [3.63, 3.8) is 0 Å². The predicted octanol–water partition coefficient (Wildman–Crippen LogP) is 9.42. The molecular formula is C49H53F4N7O5S. The number of carbonyl (C=O) groups is 4. The molecule has 2 aliphatic heterocycles. The first-order valence-corrected chi connectivity index (χ1v) is 23.2. The van der Waals surface area contributed by atoms with Gasteiger partial charge in [0.2, 0.25) is 0 Å². The van der Waals surface area contributed by atoms with Crippen molar-refractivity contribution < 1.29 is 41.5 Å². The van der Waals surface area contributed by atoms with E-state index < -0.39 is 29.7 Å². The second-order valence-corrected chi connectivity index (χ2v) is 17.7. The number of benzene rings is 2. The van der Waals surface area contributed by atoms with Gasteiger partial charge in [-0.25, -0.2) is 13.8 Å². The van der Waals surface area contributed by atoms with Crippen molar-refractivity contribution >= 4 is 50.7 Å². The maximum atomic E-state index is 13.9. The van der Waals surface area contributed by atoms with E-state index in [-0.39, 0.29) is 23.5 Å². The minimum atomic E-state index is -2.88. The molecule has 4 amide bonds. The number of likely N-dealkylation sites (tertiary alicyclic amines) is 2. The molecule has 0 atom stereocenters. The zero-order valence-corrected chi connectivity index (χ0v) is 37.3. The average Bonchev–Trinajstić information content (AvgIpc) is 3.99. The number of imidazole rings is 1. The molecule has 2 saturated heterocycles. The van der Waals surface area contributed by atoms with Gasteiger partial charge in [0.15, 0.2) is 0 Å². The number of nitrogens with zero attached hydrogens (tertiary/aromatic N) is 5. The lowest BCUT2D eigenvalue weighted by Gasteiger charge is -2.32. The summed E-state index contributed by atoms with van der Waals surface area (Å²) in [6.45, 7) is 0.761. The van der Waals surface area contributed by atoms with Crippen LogP contribution in [0.5, 0.6) is 5.75 Å².